The number of hydrogen-bond donors (Lipinski definition) is 1. The van der Waals surface area contributed by atoms with Gasteiger partial charge in [-0.05, 0) is 49.3 Å². The van der Waals surface area contributed by atoms with E-state index in [4.69, 9.17) is 10.5 Å². The highest BCUT2D eigenvalue weighted by Crippen LogP contribution is 2.44. The summed E-state index contributed by atoms with van der Waals surface area (Å²) >= 11 is 3.48. The number of rotatable bonds is 2. The highest BCUT2D eigenvalue weighted by atomic mass is 79.9. The van der Waals surface area contributed by atoms with E-state index in [0.29, 0.717) is 5.92 Å². The molecule has 2 N–H and O–H groups in total. The van der Waals surface area contributed by atoms with Gasteiger partial charge in [0.05, 0.1) is 5.60 Å². The summed E-state index contributed by atoms with van der Waals surface area (Å²) in [6.45, 7) is 0.884. The van der Waals surface area contributed by atoms with Gasteiger partial charge < -0.3 is 10.5 Å². The third-order valence-electron chi connectivity index (χ3n) is 4.81. The molecule has 2 atom stereocenters. The molecule has 2 nitrogen and oxygen atoms in total. The van der Waals surface area contributed by atoms with E-state index in [1.54, 1.807) is 0 Å². The Morgan fingerprint density at radius 2 is 1.89 bits per heavy atom. The zero-order valence-electron chi connectivity index (χ0n) is 11.3. The molecule has 3 heteroatoms. The van der Waals surface area contributed by atoms with Crippen molar-refractivity contribution in [2.24, 2.45) is 11.7 Å². The molecule has 1 heterocycles. The lowest BCUT2D eigenvalue weighted by Gasteiger charge is -2.40. The topological polar surface area (TPSA) is 35.2 Å². The molecule has 2 fully saturated rings. The molecule has 1 saturated heterocycles. The number of ether oxygens (including phenoxy) is 1. The van der Waals surface area contributed by atoms with Crippen molar-refractivity contribution in [2.45, 2.75) is 50.2 Å². The van der Waals surface area contributed by atoms with E-state index in [-0.39, 0.29) is 11.6 Å². The highest BCUT2D eigenvalue weighted by Gasteiger charge is 2.41. The molecule has 0 bridgehead atoms. The highest BCUT2D eigenvalue weighted by molar-refractivity contribution is 9.10. The second kappa shape index (κ2) is 5.55. The van der Waals surface area contributed by atoms with Crippen LogP contribution in [0.15, 0.2) is 28.7 Å². The lowest BCUT2D eigenvalue weighted by Crippen LogP contribution is -2.40. The van der Waals surface area contributed by atoms with E-state index in [1.807, 2.05) is 0 Å². The maximum absolute atomic E-state index is 6.50. The van der Waals surface area contributed by atoms with Crippen LogP contribution in [0.5, 0.6) is 0 Å². The zero-order chi connectivity index (χ0) is 13.3. The quantitative estimate of drug-likeness (QED) is 0.885. The van der Waals surface area contributed by atoms with Crippen LogP contribution < -0.4 is 5.73 Å². The molecule has 0 aromatic heterocycles. The first kappa shape index (κ1) is 13.6. The molecule has 2 aliphatic rings. The Labute approximate surface area is 123 Å². The fourth-order valence-electron chi connectivity index (χ4n) is 3.70. The van der Waals surface area contributed by atoms with E-state index >= 15 is 0 Å². The fourth-order valence-corrected chi connectivity index (χ4v) is 3.96. The first-order valence-corrected chi connectivity index (χ1v) is 8.13. The fraction of sp³-hybridized carbons (Fsp3) is 0.625. The van der Waals surface area contributed by atoms with Gasteiger partial charge in [0.1, 0.15) is 0 Å². The van der Waals surface area contributed by atoms with Gasteiger partial charge in [-0.2, -0.15) is 0 Å². The molecule has 1 aromatic rings. The van der Waals surface area contributed by atoms with Crippen molar-refractivity contribution in [3.05, 3.63) is 34.3 Å². The number of nitrogens with two attached hydrogens (primary N) is 1. The monoisotopic (exact) mass is 323 g/mol. The maximum Gasteiger partial charge on any atom is 0.0685 e. The second-order valence-corrected chi connectivity index (χ2v) is 6.98. The van der Waals surface area contributed by atoms with Crippen molar-refractivity contribution in [2.75, 3.05) is 6.61 Å². The van der Waals surface area contributed by atoms with Crippen molar-refractivity contribution < 1.29 is 4.74 Å². The minimum atomic E-state index is 0.148. The number of hydrogen-bond acceptors (Lipinski definition) is 2. The Hall–Kier alpha value is -0.380. The summed E-state index contributed by atoms with van der Waals surface area (Å²) in [4.78, 5) is 0. The Bertz CT molecular complexity index is 425. The minimum absolute atomic E-state index is 0.148. The number of halogens is 1. The van der Waals surface area contributed by atoms with Crippen LogP contribution in [-0.2, 0) is 4.74 Å². The van der Waals surface area contributed by atoms with Crippen LogP contribution in [0.3, 0.4) is 0 Å². The third-order valence-corrected chi connectivity index (χ3v) is 5.34. The SMILES string of the molecule is NC(c1ccc(Br)cc1)C1CCOC2(CCCC2)C1. The van der Waals surface area contributed by atoms with E-state index in [1.165, 1.54) is 31.2 Å². The second-order valence-electron chi connectivity index (χ2n) is 6.07. The molecule has 0 amide bonds. The van der Waals surface area contributed by atoms with Gasteiger partial charge in [-0.15, -0.1) is 0 Å². The van der Waals surface area contributed by atoms with Crippen LogP contribution in [0.1, 0.15) is 50.1 Å². The van der Waals surface area contributed by atoms with Gasteiger partial charge in [0.2, 0.25) is 0 Å². The molecule has 1 spiro atoms. The van der Waals surface area contributed by atoms with Crippen LogP contribution in [0.4, 0.5) is 0 Å². The van der Waals surface area contributed by atoms with Gasteiger partial charge in [0.25, 0.3) is 0 Å². The maximum atomic E-state index is 6.50. The summed E-state index contributed by atoms with van der Waals surface area (Å²) in [5.74, 6) is 0.563. The molecular weight excluding hydrogens is 302 g/mol. The molecule has 0 radical (unpaired) electrons. The Kier molecular flexibility index (Phi) is 3.97. The Balaban J connectivity index is 1.72. The standard InChI is InChI=1S/C16H22BrNO/c17-14-5-3-12(4-6-14)15(18)13-7-10-19-16(11-13)8-1-2-9-16/h3-6,13,15H,1-2,7-11,18H2. The van der Waals surface area contributed by atoms with Crippen LogP contribution >= 0.6 is 15.9 Å². The van der Waals surface area contributed by atoms with Crippen LogP contribution in [-0.4, -0.2) is 12.2 Å². The third kappa shape index (κ3) is 2.88. The predicted molar refractivity (Wildman–Crippen MR) is 80.9 cm³/mol. The van der Waals surface area contributed by atoms with Gasteiger partial charge in [-0.3, -0.25) is 0 Å². The van der Waals surface area contributed by atoms with Crippen molar-refractivity contribution in [1.29, 1.82) is 0 Å². The Morgan fingerprint density at radius 1 is 1.21 bits per heavy atom. The first-order valence-electron chi connectivity index (χ1n) is 7.34. The van der Waals surface area contributed by atoms with E-state index in [9.17, 15) is 0 Å². The average molecular weight is 324 g/mol. The summed E-state index contributed by atoms with van der Waals surface area (Å²) in [6, 6.07) is 8.60. The zero-order valence-corrected chi connectivity index (χ0v) is 12.9. The number of benzene rings is 1. The van der Waals surface area contributed by atoms with Crippen molar-refractivity contribution in [3.63, 3.8) is 0 Å². The summed E-state index contributed by atoms with van der Waals surface area (Å²) in [6.07, 6.45) is 7.34. The van der Waals surface area contributed by atoms with Crippen LogP contribution in [0.2, 0.25) is 0 Å². The van der Waals surface area contributed by atoms with Crippen molar-refractivity contribution >= 4 is 15.9 Å². The molecule has 1 aliphatic carbocycles. The molecule has 1 aliphatic heterocycles. The van der Waals surface area contributed by atoms with Gasteiger partial charge in [0.15, 0.2) is 0 Å². The van der Waals surface area contributed by atoms with Gasteiger partial charge >= 0.3 is 0 Å². The summed E-state index contributed by atoms with van der Waals surface area (Å²) < 4.78 is 7.21. The molecule has 2 unspecified atom stereocenters. The Morgan fingerprint density at radius 3 is 2.58 bits per heavy atom. The lowest BCUT2D eigenvalue weighted by atomic mass is 9.79. The molecule has 1 saturated carbocycles. The summed E-state index contributed by atoms with van der Waals surface area (Å²) in [5.41, 5.74) is 7.92. The van der Waals surface area contributed by atoms with Crippen molar-refractivity contribution in [1.82, 2.24) is 0 Å². The van der Waals surface area contributed by atoms with Gasteiger partial charge in [0, 0.05) is 17.1 Å². The van der Waals surface area contributed by atoms with E-state index in [2.05, 4.69) is 40.2 Å². The summed E-state index contributed by atoms with van der Waals surface area (Å²) in [5, 5.41) is 0. The minimum Gasteiger partial charge on any atom is -0.375 e. The summed E-state index contributed by atoms with van der Waals surface area (Å²) in [7, 11) is 0. The van der Waals surface area contributed by atoms with E-state index in [0.717, 1.165) is 23.9 Å². The first-order chi connectivity index (χ1) is 9.19. The largest absolute Gasteiger partial charge is 0.375 e. The lowest BCUT2D eigenvalue weighted by molar-refractivity contribution is -0.0963. The molecule has 19 heavy (non-hydrogen) atoms. The normalized spacial score (nSPS) is 27.6. The van der Waals surface area contributed by atoms with Gasteiger partial charge in [-0.25, -0.2) is 0 Å². The molecular formula is C16H22BrNO. The molecule has 1 aromatic carbocycles. The average Bonchev–Trinajstić information content (AvgIpc) is 2.87. The smallest absolute Gasteiger partial charge is 0.0685 e. The van der Waals surface area contributed by atoms with Crippen LogP contribution in [0, 0.1) is 5.92 Å². The molecule has 3 rings (SSSR count). The van der Waals surface area contributed by atoms with Crippen molar-refractivity contribution in [3.8, 4) is 0 Å². The van der Waals surface area contributed by atoms with Crippen LogP contribution in [0.25, 0.3) is 0 Å². The van der Waals surface area contributed by atoms with E-state index < -0.39 is 0 Å². The predicted octanol–water partition coefficient (Wildman–Crippen LogP) is 4.19. The van der Waals surface area contributed by atoms with Gasteiger partial charge in [-0.1, -0.05) is 40.9 Å². The molecule has 104 valence electrons.